The predicted octanol–water partition coefficient (Wildman–Crippen LogP) is 3.29. The molecule has 1 nitrogen and oxygen atoms in total. The topological polar surface area (TPSA) is 17.1 Å². The summed E-state index contributed by atoms with van der Waals surface area (Å²) in [5.74, 6) is 0.332. The van der Waals surface area contributed by atoms with E-state index in [1.807, 2.05) is 19.1 Å². The third-order valence-corrected chi connectivity index (χ3v) is 3.40. The standard InChI is InChI=1S/C13H16O/c1-9-5-4-6-11(10(9)2)12(14)13(3)7-8-13/h4-6H,7-8H2,1-3H3. The Morgan fingerprint density at radius 2 is 1.93 bits per heavy atom. The molecule has 14 heavy (non-hydrogen) atoms. The fraction of sp³-hybridized carbons (Fsp3) is 0.462. The van der Waals surface area contributed by atoms with E-state index in [4.69, 9.17) is 0 Å². The molecular formula is C13H16O. The minimum Gasteiger partial charge on any atom is -0.294 e. The Morgan fingerprint density at radius 1 is 1.29 bits per heavy atom. The SMILES string of the molecule is Cc1cccc(C(=O)C2(C)CC2)c1C. The number of ketones is 1. The summed E-state index contributed by atoms with van der Waals surface area (Å²) in [4.78, 5) is 12.1. The highest BCUT2D eigenvalue weighted by Crippen LogP contribution is 2.47. The van der Waals surface area contributed by atoms with Crippen molar-refractivity contribution in [2.75, 3.05) is 0 Å². The van der Waals surface area contributed by atoms with Gasteiger partial charge in [-0.1, -0.05) is 25.1 Å². The summed E-state index contributed by atoms with van der Waals surface area (Å²) < 4.78 is 0. The van der Waals surface area contributed by atoms with Crippen LogP contribution in [0.3, 0.4) is 0 Å². The van der Waals surface area contributed by atoms with E-state index in [-0.39, 0.29) is 5.41 Å². The van der Waals surface area contributed by atoms with Crippen LogP contribution in [0.4, 0.5) is 0 Å². The van der Waals surface area contributed by atoms with Crippen LogP contribution in [-0.2, 0) is 0 Å². The lowest BCUT2D eigenvalue weighted by molar-refractivity contribution is 0.0912. The van der Waals surface area contributed by atoms with Crippen molar-refractivity contribution >= 4 is 5.78 Å². The monoisotopic (exact) mass is 188 g/mol. The third kappa shape index (κ3) is 1.37. The molecule has 0 aromatic heterocycles. The summed E-state index contributed by atoms with van der Waals surface area (Å²) in [6, 6.07) is 5.98. The molecule has 1 saturated carbocycles. The summed E-state index contributed by atoms with van der Waals surface area (Å²) in [6.07, 6.45) is 2.11. The summed E-state index contributed by atoms with van der Waals surface area (Å²) in [5, 5.41) is 0. The number of hydrogen-bond acceptors (Lipinski definition) is 1. The van der Waals surface area contributed by atoms with Gasteiger partial charge in [0, 0.05) is 11.0 Å². The zero-order valence-electron chi connectivity index (χ0n) is 9.05. The highest BCUT2D eigenvalue weighted by Gasteiger charge is 2.45. The minimum absolute atomic E-state index is 0.0431. The lowest BCUT2D eigenvalue weighted by atomic mass is 9.92. The van der Waals surface area contributed by atoms with Crippen LogP contribution in [-0.4, -0.2) is 5.78 Å². The van der Waals surface area contributed by atoms with E-state index in [0.717, 1.165) is 24.0 Å². The quantitative estimate of drug-likeness (QED) is 0.651. The molecule has 0 unspecified atom stereocenters. The lowest BCUT2D eigenvalue weighted by Gasteiger charge is -2.11. The van der Waals surface area contributed by atoms with Gasteiger partial charge in [0.25, 0.3) is 0 Å². The van der Waals surface area contributed by atoms with E-state index in [1.54, 1.807) is 0 Å². The molecule has 0 amide bonds. The second-order valence-corrected chi connectivity index (χ2v) is 4.64. The average Bonchev–Trinajstić information content (AvgIpc) is 2.89. The van der Waals surface area contributed by atoms with Crippen LogP contribution in [0.25, 0.3) is 0 Å². The molecule has 0 atom stereocenters. The normalized spacial score (nSPS) is 17.9. The highest BCUT2D eigenvalue weighted by atomic mass is 16.1. The molecule has 0 saturated heterocycles. The van der Waals surface area contributed by atoms with Crippen molar-refractivity contribution in [3.8, 4) is 0 Å². The highest BCUT2D eigenvalue weighted by molar-refractivity contribution is 6.03. The Morgan fingerprint density at radius 3 is 2.50 bits per heavy atom. The Bertz CT molecular complexity index is 386. The largest absolute Gasteiger partial charge is 0.294 e. The van der Waals surface area contributed by atoms with E-state index in [9.17, 15) is 4.79 Å². The number of rotatable bonds is 2. The predicted molar refractivity (Wildman–Crippen MR) is 57.6 cm³/mol. The molecule has 1 aromatic rings. The molecule has 0 bridgehead atoms. The number of carbonyl (C=O) groups excluding carboxylic acids is 1. The first-order valence-electron chi connectivity index (χ1n) is 5.16. The van der Waals surface area contributed by atoms with Gasteiger partial charge < -0.3 is 0 Å². The van der Waals surface area contributed by atoms with Crippen molar-refractivity contribution in [3.05, 3.63) is 34.9 Å². The van der Waals surface area contributed by atoms with Crippen LogP contribution in [0.15, 0.2) is 18.2 Å². The molecule has 1 aromatic carbocycles. The Labute approximate surface area is 85.1 Å². The number of aryl methyl sites for hydroxylation is 1. The van der Waals surface area contributed by atoms with Gasteiger partial charge in [-0.2, -0.15) is 0 Å². The van der Waals surface area contributed by atoms with Crippen molar-refractivity contribution < 1.29 is 4.79 Å². The minimum atomic E-state index is -0.0431. The second kappa shape index (κ2) is 2.94. The van der Waals surface area contributed by atoms with E-state index in [2.05, 4.69) is 19.9 Å². The van der Waals surface area contributed by atoms with E-state index < -0.39 is 0 Å². The molecule has 74 valence electrons. The lowest BCUT2D eigenvalue weighted by Crippen LogP contribution is -2.13. The van der Waals surface area contributed by atoms with Crippen molar-refractivity contribution in [3.63, 3.8) is 0 Å². The summed E-state index contributed by atoms with van der Waals surface area (Å²) in [6.45, 7) is 6.16. The number of carbonyl (C=O) groups is 1. The fourth-order valence-corrected chi connectivity index (χ4v) is 1.74. The van der Waals surface area contributed by atoms with E-state index in [0.29, 0.717) is 5.78 Å². The zero-order valence-corrected chi connectivity index (χ0v) is 9.05. The maximum absolute atomic E-state index is 12.1. The van der Waals surface area contributed by atoms with Gasteiger partial charge in [-0.05, 0) is 37.8 Å². The second-order valence-electron chi connectivity index (χ2n) is 4.64. The Balaban J connectivity index is 2.41. The van der Waals surface area contributed by atoms with Crippen LogP contribution in [0.2, 0.25) is 0 Å². The maximum Gasteiger partial charge on any atom is 0.168 e. The van der Waals surface area contributed by atoms with Crippen molar-refractivity contribution in [1.29, 1.82) is 0 Å². The molecule has 0 aliphatic heterocycles. The van der Waals surface area contributed by atoms with Crippen molar-refractivity contribution in [1.82, 2.24) is 0 Å². The summed E-state index contributed by atoms with van der Waals surface area (Å²) in [7, 11) is 0. The Kier molecular flexibility index (Phi) is 1.99. The molecule has 1 fully saturated rings. The summed E-state index contributed by atoms with van der Waals surface area (Å²) >= 11 is 0. The molecule has 0 heterocycles. The molecule has 1 aliphatic carbocycles. The third-order valence-electron chi connectivity index (χ3n) is 3.40. The first kappa shape index (κ1) is 9.45. The first-order valence-corrected chi connectivity index (χ1v) is 5.16. The van der Waals surface area contributed by atoms with Crippen LogP contribution in [0.5, 0.6) is 0 Å². The molecule has 0 spiro atoms. The van der Waals surface area contributed by atoms with Gasteiger partial charge in [0.15, 0.2) is 5.78 Å². The van der Waals surface area contributed by atoms with E-state index >= 15 is 0 Å². The number of benzene rings is 1. The van der Waals surface area contributed by atoms with E-state index in [1.165, 1.54) is 5.56 Å². The van der Waals surface area contributed by atoms with Crippen molar-refractivity contribution in [2.45, 2.75) is 33.6 Å². The van der Waals surface area contributed by atoms with Crippen LogP contribution in [0.1, 0.15) is 41.3 Å². The maximum atomic E-state index is 12.1. The molecule has 1 aliphatic rings. The van der Waals surface area contributed by atoms with Gasteiger partial charge in [0.2, 0.25) is 0 Å². The Hall–Kier alpha value is -1.11. The number of Topliss-reactive ketones (excluding diaryl/α,β-unsaturated/α-hetero) is 1. The van der Waals surface area contributed by atoms with Gasteiger partial charge in [-0.3, -0.25) is 4.79 Å². The van der Waals surface area contributed by atoms with Gasteiger partial charge in [-0.15, -0.1) is 0 Å². The molecule has 0 radical (unpaired) electrons. The van der Waals surface area contributed by atoms with Gasteiger partial charge in [0.05, 0.1) is 0 Å². The number of hydrogen-bond donors (Lipinski definition) is 0. The van der Waals surface area contributed by atoms with Crippen LogP contribution in [0, 0.1) is 19.3 Å². The van der Waals surface area contributed by atoms with Crippen LogP contribution < -0.4 is 0 Å². The van der Waals surface area contributed by atoms with Crippen LogP contribution >= 0.6 is 0 Å². The van der Waals surface area contributed by atoms with Gasteiger partial charge in [-0.25, -0.2) is 0 Å². The van der Waals surface area contributed by atoms with Gasteiger partial charge >= 0.3 is 0 Å². The zero-order chi connectivity index (χ0) is 10.3. The van der Waals surface area contributed by atoms with Crippen molar-refractivity contribution in [2.24, 2.45) is 5.41 Å². The fourth-order valence-electron chi connectivity index (χ4n) is 1.74. The molecular weight excluding hydrogens is 172 g/mol. The molecule has 0 N–H and O–H groups in total. The van der Waals surface area contributed by atoms with Gasteiger partial charge in [0.1, 0.15) is 0 Å². The smallest absolute Gasteiger partial charge is 0.168 e. The first-order chi connectivity index (χ1) is 6.54. The molecule has 1 heteroatoms. The summed E-state index contributed by atoms with van der Waals surface area (Å²) in [5.41, 5.74) is 3.23. The average molecular weight is 188 g/mol. The molecule has 2 rings (SSSR count).